The minimum absolute atomic E-state index is 0.0248. The number of amides is 2. The van der Waals surface area contributed by atoms with Gasteiger partial charge in [0.25, 0.3) is 0 Å². The lowest BCUT2D eigenvalue weighted by atomic mass is 9.33. The third kappa shape index (κ3) is 12.9. The molecule has 9 aliphatic carbocycles. The molecule has 1 unspecified atom stereocenters. The molecule has 3 aliphatic heterocycles. The number of alkyl carbamates (subject to hydrolysis) is 1. The van der Waals surface area contributed by atoms with Crippen molar-refractivity contribution in [1.29, 1.82) is 0 Å². The van der Waals surface area contributed by atoms with Gasteiger partial charge < -0.3 is 55.3 Å². The number of phenols is 2. The van der Waals surface area contributed by atoms with Crippen molar-refractivity contribution in [2.75, 3.05) is 67.1 Å². The highest BCUT2D eigenvalue weighted by atomic mass is 16.6. The van der Waals surface area contributed by atoms with E-state index in [1.54, 1.807) is 0 Å². The highest BCUT2D eigenvalue weighted by Crippen LogP contribution is 2.78. The molecule has 6 saturated carbocycles. The van der Waals surface area contributed by atoms with Gasteiger partial charge in [0.15, 0.2) is 11.5 Å². The molecular weight excluding hydrogens is 1210 g/mol. The lowest BCUT2D eigenvalue weighted by Gasteiger charge is -2.75. The van der Waals surface area contributed by atoms with Gasteiger partial charge in [0.1, 0.15) is 30.7 Å². The van der Waals surface area contributed by atoms with E-state index in [1.165, 1.54) is 102 Å². The van der Waals surface area contributed by atoms with Gasteiger partial charge in [-0.05, 0) is 224 Å². The summed E-state index contributed by atoms with van der Waals surface area (Å²) in [5, 5.41) is 47.8. The van der Waals surface area contributed by atoms with E-state index in [-0.39, 0.29) is 64.7 Å². The van der Waals surface area contributed by atoms with E-state index in [1.807, 2.05) is 59.9 Å². The molecule has 4 aromatic carbocycles. The van der Waals surface area contributed by atoms with Crippen LogP contribution in [0.15, 0.2) is 84.9 Å². The minimum Gasteiger partial charge on any atom is -0.508 e. The Balaban J connectivity index is 0.000000128. The Kier molecular flexibility index (Phi) is 20.1. The summed E-state index contributed by atoms with van der Waals surface area (Å²) in [5.41, 5.74) is 13.8. The average molecular weight is 1330 g/mol. The summed E-state index contributed by atoms with van der Waals surface area (Å²) in [5.74, 6) is 3.01. The molecule has 2 amide bonds. The number of primary amides is 1. The average Bonchev–Trinajstić information content (AvgIpc) is 1.58. The molecule has 11 atom stereocenters. The standard InChI is InChI=1S/C29H41NO4.C21H29NO2.C20H21N.C12H24N2O4/c1-25(2,3)26(4,32)20-15-27-10-11-29(20,33-5)24-28(27)12-13-30(16-17-6-7-17)21(27)14-18-8-9-19(31)23(34-24)22(18)28;23-17-7-6-16-12-19-21(24)9-2-1-8-20(21,18(16)13-17)10-11-22(19)14-15-4-3-5-15;1-21(2)15-7-12-20-18-10-5-3-8-16(18)13-14-17-9-4-6-11-19(17)20;1-5-6-12(4,7-17-10(13)15)8-18-11(16)14-9(2)3/h8-9,17,20-21,24,31-32H,6-7,10-16H2,1-5H3;6-7,13,15,19,23-24H,1-5,8-12,14H2;3-6,8-14H,7,15H2,1-2H3;9H,5-8H2,1-4H3,(H2,13,15)(H,14,16)/t20-,21-,24-,26+,27-,28+,29-;19-,20+,21-;;/m11../s1. The van der Waals surface area contributed by atoms with Gasteiger partial charge in [0.2, 0.25) is 0 Å². The molecule has 3 heterocycles. The van der Waals surface area contributed by atoms with E-state index in [2.05, 4.69) is 134 Å². The van der Waals surface area contributed by atoms with E-state index in [0.29, 0.717) is 17.5 Å². The Labute approximate surface area is 578 Å². The van der Waals surface area contributed by atoms with Gasteiger partial charge in [-0.3, -0.25) is 9.80 Å². The molecule has 15 nitrogen and oxygen atoms in total. The molecular formula is C82H115N5O10. The van der Waals surface area contributed by atoms with Gasteiger partial charge in [0.05, 0.1) is 11.2 Å². The molecule has 2 saturated heterocycles. The van der Waals surface area contributed by atoms with Crippen molar-refractivity contribution in [3.8, 4) is 17.2 Å². The van der Waals surface area contributed by atoms with Crippen LogP contribution in [-0.4, -0.2) is 155 Å². The summed E-state index contributed by atoms with van der Waals surface area (Å²) in [6.07, 6.45) is 26.4. The number of nitrogens with one attached hydrogen (secondary N) is 1. The van der Waals surface area contributed by atoms with Crippen molar-refractivity contribution in [1.82, 2.24) is 20.0 Å². The monoisotopic (exact) mass is 1330 g/mol. The van der Waals surface area contributed by atoms with Gasteiger partial charge in [-0.1, -0.05) is 139 Å². The van der Waals surface area contributed by atoms with Crippen molar-refractivity contribution >= 4 is 29.9 Å². The highest BCUT2D eigenvalue weighted by Gasteiger charge is 2.82. The largest absolute Gasteiger partial charge is 0.508 e. The minimum atomic E-state index is -0.909. The van der Waals surface area contributed by atoms with Crippen LogP contribution in [-0.2, 0) is 37.9 Å². The lowest BCUT2D eigenvalue weighted by molar-refractivity contribution is -0.312. The van der Waals surface area contributed by atoms with Crippen LogP contribution in [0.1, 0.15) is 209 Å². The number of hydrogen-bond acceptors (Lipinski definition) is 13. The number of likely N-dealkylation sites (tertiary alicyclic amines) is 2. The number of methoxy groups -OCH3 is 1. The maximum atomic E-state index is 12.2. The predicted molar refractivity (Wildman–Crippen MR) is 385 cm³/mol. The number of piperidine rings is 2. The van der Waals surface area contributed by atoms with E-state index in [4.69, 9.17) is 24.7 Å². The normalized spacial score (nSPS) is 30.4. The molecule has 0 aromatic heterocycles. The van der Waals surface area contributed by atoms with Crippen LogP contribution in [0.2, 0.25) is 0 Å². The van der Waals surface area contributed by atoms with Gasteiger partial charge in [-0.25, -0.2) is 9.59 Å². The number of phenolic OH excluding ortho intramolecular Hbond substituents is 2. The fourth-order valence-electron chi connectivity index (χ4n) is 20.2. The van der Waals surface area contributed by atoms with Crippen molar-refractivity contribution in [2.45, 2.75) is 229 Å². The Hall–Kier alpha value is -5.94. The number of carbonyl (C=O) groups is 2. The summed E-state index contributed by atoms with van der Waals surface area (Å²) in [4.78, 5) is 29.7. The van der Waals surface area contributed by atoms with Crippen LogP contribution < -0.4 is 15.8 Å². The molecule has 8 fully saturated rings. The predicted octanol–water partition coefficient (Wildman–Crippen LogP) is 14.4. The van der Waals surface area contributed by atoms with Crippen LogP contribution in [0, 0.1) is 34.0 Å². The second kappa shape index (κ2) is 27.5. The number of benzene rings is 4. The molecule has 7 N–H and O–H groups in total. The van der Waals surface area contributed by atoms with Crippen molar-refractivity contribution in [3.63, 3.8) is 0 Å². The zero-order chi connectivity index (χ0) is 69.1. The number of rotatable bonds is 16. The quantitative estimate of drug-likeness (QED) is 0.0546. The molecule has 15 heteroatoms. The van der Waals surface area contributed by atoms with Gasteiger partial charge >= 0.3 is 12.2 Å². The Morgan fingerprint density at radius 3 is 2.03 bits per heavy atom. The summed E-state index contributed by atoms with van der Waals surface area (Å²) < 4.78 is 23.4. The highest BCUT2D eigenvalue weighted by molar-refractivity contribution is 5.93. The zero-order valence-corrected chi connectivity index (χ0v) is 60.3. The number of carbonyl (C=O) groups excluding carboxylic acids is 2. The number of nitrogens with two attached hydrogens (primary N) is 1. The number of aliphatic hydroxyl groups is 2. The topological polar surface area (TPSA) is 200 Å². The third-order valence-corrected chi connectivity index (χ3v) is 25.9. The molecule has 528 valence electrons. The lowest BCUT2D eigenvalue weighted by Crippen LogP contribution is -2.83. The van der Waals surface area contributed by atoms with Crippen molar-refractivity contribution < 1.29 is 49.0 Å². The maximum absolute atomic E-state index is 12.2. The number of ether oxygens (including phenoxy) is 4. The molecule has 0 radical (unpaired) electrons. The zero-order valence-electron chi connectivity index (χ0n) is 60.3. The summed E-state index contributed by atoms with van der Waals surface area (Å²) >= 11 is 0. The van der Waals surface area contributed by atoms with Gasteiger partial charge in [-0.15, -0.1) is 0 Å². The molecule has 97 heavy (non-hydrogen) atoms. The fraction of sp³-hybridized carbons (Fsp3) is 0.634. The van der Waals surface area contributed by atoms with Crippen LogP contribution in [0.25, 0.3) is 17.7 Å². The van der Waals surface area contributed by atoms with Crippen LogP contribution in [0.4, 0.5) is 9.59 Å². The van der Waals surface area contributed by atoms with Crippen molar-refractivity contribution in [3.05, 3.63) is 129 Å². The third-order valence-electron chi connectivity index (χ3n) is 25.9. The summed E-state index contributed by atoms with van der Waals surface area (Å²) in [6.45, 7) is 22.1. The van der Waals surface area contributed by atoms with E-state index >= 15 is 0 Å². The van der Waals surface area contributed by atoms with Crippen LogP contribution in [0.5, 0.6) is 17.2 Å². The van der Waals surface area contributed by atoms with Crippen molar-refractivity contribution in [2.24, 2.45) is 39.7 Å². The van der Waals surface area contributed by atoms with Gasteiger partial charge in [0, 0.05) is 78.0 Å². The molecule has 6 bridgehead atoms. The number of hydrogen-bond donors (Lipinski definition) is 6. The summed E-state index contributed by atoms with van der Waals surface area (Å²) in [6, 6.07) is 28.0. The van der Waals surface area contributed by atoms with E-state index < -0.39 is 34.4 Å². The molecule has 12 aliphatic rings. The second-order valence-corrected chi connectivity index (χ2v) is 33.4. The number of aromatic hydroxyl groups is 2. The Morgan fingerprint density at radius 2 is 1.41 bits per heavy atom. The maximum Gasteiger partial charge on any atom is 0.407 e. The Bertz CT molecular complexity index is 3520. The first-order valence-electron chi connectivity index (χ1n) is 37.1. The number of fused-ring (bicyclic) bond motifs is 5. The summed E-state index contributed by atoms with van der Waals surface area (Å²) in [7, 11) is 6.07. The van der Waals surface area contributed by atoms with Gasteiger partial charge in [-0.2, -0.15) is 0 Å². The van der Waals surface area contributed by atoms with Crippen LogP contribution in [0.3, 0.4) is 0 Å². The molecule has 16 rings (SSSR count). The SMILES string of the molecule is CCCC(C)(COC(N)=O)COC(=O)NC(C)C.CN(C)CCC=C1c2ccccc2C=Cc2ccccc21.CO[C@]12CC[C@@]3(C[C@@H]1[C@](C)(O)C(C)(C)C)[C@H]1Cc4ccc(O)c5c4[C@@]3(CCN1CC1CC1)[C@H]2O5.Oc1ccc2c(c1)[C@@]13CCCC[C@@]1(O)[C@@H](C2)N(CC1CCC1)CC3. The fourth-order valence-corrected chi connectivity index (χ4v) is 20.2. The smallest absolute Gasteiger partial charge is 0.407 e. The molecule has 2 spiro atoms. The number of nitrogens with zero attached hydrogens (tertiary/aromatic N) is 3. The first kappa shape index (κ1) is 70.9. The first-order chi connectivity index (χ1) is 46.2. The Morgan fingerprint density at radius 1 is 0.784 bits per heavy atom. The van der Waals surface area contributed by atoms with E-state index in [9.17, 15) is 30.0 Å². The van der Waals surface area contributed by atoms with Crippen LogP contribution >= 0.6 is 0 Å². The van der Waals surface area contributed by atoms with E-state index in [0.717, 1.165) is 115 Å². The molecule has 4 aromatic rings. The second-order valence-electron chi connectivity index (χ2n) is 33.4. The first-order valence-corrected chi connectivity index (χ1v) is 37.1.